The average molecular weight is 407 g/mol. The monoisotopic (exact) mass is 406 g/mol. The molecule has 0 saturated carbocycles. The molecule has 2 aromatic heterocycles. The molecule has 0 radical (unpaired) electrons. The summed E-state index contributed by atoms with van der Waals surface area (Å²) < 4.78 is 0. The topological polar surface area (TPSA) is 52.2 Å². The number of thiophene rings is 1. The molecular weight excluding hydrogens is 380 g/mol. The molecule has 5 nitrogen and oxygen atoms in total. The summed E-state index contributed by atoms with van der Waals surface area (Å²) in [4.78, 5) is 19.4. The Kier molecular flexibility index (Phi) is 4.97. The summed E-state index contributed by atoms with van der Waals surface area (Å²) in [5.74, 6) is 0.498. The Labute approximate surface area is 175 Å². The smallest absolute Gasteiger partial charge is 0.263 e. The van der Waals surface area contributed by atoms with Crippen molar-refractivity contribution in [3.63, 3.8) is 0 Å². The van der Waals surface area contributed by atoms with Crippen molar-refractivity contribution in [2.45, 2.75) is 38.8 Å². The molecule has 3 aromatic rings. The van der Waals surface area contributed by atoms with E-state index >= 15 is 0 Å². The van der Waals surface area contributed by atoms with Crippen LogP contribution in [0, 0.1) is 6.92 Å². The van der Waals surface area contributed by atoms with Crippen molar-refractivity contribution in [1.29, 1.82) is 0 Å². The van der Waals surface area contributed by atoms with Crippen LogP contribution in [0.25, 0.3) is 0 Å². The fourth-order valence-corrected chi connectivity index (χ4v) is 5.40. The predicted octanol–water partition coefficient (Wildman–Crippen LogP) is 3.97. The van der Waals surface area contributed by atoms with Crippen LogP contribution in [-0.2, 0) is 19.5 Å². The third kappa shape index (κ3) is 3.74. The van der Waals surface area contributed by atoms with Crippen LogP contribution in [0.1, 0.15) is 49.4 Å². The molecule has 1 fully saturated rings. The number of nitrogens with one attached hydrogen (secondary N) is 1. The zero-order chi connectivity index (χ0) is 19.8. The van der Waals surface area contributed by atoms with Crippen molar-refractivity contribution < 1.29 is 4.79 Å². The van der Waals surface area contributed by atoms with E-state index in [1.807, 2.05) is 24.0 Å². The summed E-state index contributed by atoms with van der Waals surface area (Å²) in [6.45, 7) is 6.59. The molecule has 1 amide bonds. The van der Waals surface area contributed by atoms with E-state index in [0.29, 0.717) is 5.92 Å². The fourth-order valence-electron chi connectivity index (χ4n) is 4.56. The van der Waals surface area contributed by atoms with Crippen LogP contribution in [0.5, 0.6) is 0 Å². The lowest BCUT2D eigenvalue weighted by Gasteiger charge is -2.27. The Balaban J connectivity index is 1.29. The second-order valence-corrected chi connectivity index (χ2v) is 9.45. The molecule has 1 N–H and O–H groups in total. The highest BCUT2D eigenvalue weighted by molar-refractivity contribution is 7.13. The fraction of sp³-hybridized carbons (Fsp3) is 0.391. The summed E-state index contributed by atoms with van der Waals surface area (Å²) in [6, 6.07) is 14.6. The average Bonchev–Trinajstić information content (AvgIpc) is 3.47. The molecule has 1 aromatic carbocycles. The van der Waals surface area contributed by atoms with E-state index in [9.17, 15) is 4.79 Å². The van der Waals surface area contributed by atoms with Crippen molar-refractivity contribution in [1.82, 2.24) is 20.0 Å². The number of carbonyl (C=O) groups is 1. The number of H-pyrrole nitrogens is 1. The van der Waals surface area contributed by atoms with Crippen molar-refractivity contribution >= 4 is 17.2 Å². The van der Waals surface area contributed by atoms with E-state index < -0.39 is 0 Å². The standard InChI is InChI=1S/C23H26N4OS/c1-16-7-8-21(29-16)23(28)27-12-9-18(14-27)22-19-15-26(11-10-20(19)24-25-22)13-17-5-3-2-4-6-17/h2-8,18H,9-15H2,1H3,(H,24,25). The number of aryl methyl sites for hydroxylation is 1. The van der Waals surface area contributed by atoms with Crippen LogP contribution in [0.2, 0.25) is 0 Å². The Morgan fingerprint density at radius 3 is 2.86 bits per heavy atom. The Morgan fingerprint density at radius 2 is 2.07 bits per heavy atom. The van der Waals surface area contributed by atoms with Crippen LogP contribution in [0.15, 0.2) is 42.5 Å². The minimum atomic E-state index is 0.167. The second kappa shape index (κ2) is 7.76. The van der Waals surface area contributed by atoms with Crippen LogP contribution < -0.4 is 0 Å². The Hall–Kier alpha value is -2.44. The molecule has 6 heteroatoms. The normalized spacial score (nSPS) is 19.5. The number of aromatic nitrogens is 2. The van der Waals surface area contributed by atoms with Gasteiger partial charge in [-0.2, -0.15) is 5.10 Å². The summed E-state index contributed by atoms with van der Waals surface area (Å²) >= 11 is 1.59. The minimum Gasteiger partial charge on any atom is -0.337 e. The van der Waals surface area contributed by atoms with Gasteiger partial charge in [0.25, 0.3) is 5.91 Å². The quantitative estimate of drug-likeness (QED) is 0.713. The maximum absolute atomic E-state index is 12.8. The molecule has 1 saturated heterocycles. The predicted molar refractivity (Wildman–Crippen MR) is 115 cm³/mol. The van der Waals surface area contributed by atoms with Crippen molar-refractivity contribution in [2.75, 3.05) is 19.6 Å². The number of carbonyl (C=O) groups excluding carboxylic acids is 1. The number of rotatable bonds is 4. The van der Waals surface area contributed by atoms with E-state index in [2.05, 4.69) is 40.3 Å². The Morgan fingerprint density at radius 1 is 1.21 bits per heavy atom. The lowest BCUT2D eigenvalue weighted by atomic mass is 9.96. The molecule has 4 heterocycles. The first-order chi connectivity index (χ1) is 14.2. The molecule has 1 atom stereocenters. The van der Waals surface area contributed by atoms with Gasteiger partial charge in [-0.05, 0) is 31.0 Å². The first-order valence-electron chi connectivity index (χ1n) is 10.4. The van der Waals surface area contributed by atoms with Gasteiger partial charge in [0.1, 0.15) is 0 Å². The van der Waals surface area contributed by atoms with Crippen molar-refractivity contribution in [2.24, 2.45) is 0 Å². The number of hydrogen-bond acceptors (Lipinski definition) is 4. The maximum atomic E-state index is 12.8. The van der Waals surface area contributed by atoms with Gasteiger partial charge in [-0.25, -0.2) is 0 Å². The molecule has 2 aliphatic rings. The number of likely N-dealkylation sites (tertiary alicyclic amines) is 1. The van der Waals surface area contributed by atoms with Gasteiger partial charge in [0.2, 0.25) is 0 Å². The van der Waals surface area contributed by atoms with Gasteiger partial charge in [-0.15, -0.1) is 11.3 Å². The van der Waals surface area contributed by atoms with Crippen molar-refractivity contribution in [3.8, 4) is 0 Å². The maximum Gasteiger partial charge on any atom is 0.263 e. The molecule has 5 rings (SSSR count). The number of nitrogens with zero attached hydrogens (tertiary/aromatic N) is 3. The first-order valence-corrected chi connectivity index (χ1v) is 11.2. The number of fused-ring (bicyclic) bond motifs is 1. The largest absolute Gasteiger partial charge is 0.337 e. The van der Waals surface area contributed by atoms with Gasteiger partial charge in [0.05, 0.1) is 10.6 Å². The van der Waals surface area contributed by atoms with E-state index in [4.69, 9.17) is 5.10 Å². The number of hydrogen-bond donors (Lipinski definition) is 1. The van der Waals surface area contributed by atoms with Crippen LogP contribution >= 0.6 is 11.3 Å². The molecule has 1 unspecified atom stereocenters. The van der Waals surface area contributed by atoms with Crippen LogP contribution in [0.4, 0.5) is 0 Å². The second-order valence-electron chi connectivity index (χ2n) is 8.16. The molecule has 150 valence electrons. The molecule has 0 spiro atoms. The van der Waals surface area contributed by atoms with Gasteiger partial charge in [-0.3, -0.25) is 14.8 Å². The van der Waals surface area contributed by atoms with E-state index in [1.54, 1.807) is 11.3 Å². The third-order valence-corrected chi connectivity index (χ3v) is 7.10. The molecule has 0 aliphatic carbocycles. The van der Waals surface area contributed by atoms with Gasteiger partial charge in [-0.1, -0.05) is 30.3 Å². The SMILES string of the molecule is Cc1ccc(C(=O)N2CCC(c3n[nH]c4c3CN(Cc3ccccc3)CC4)C2)s1. The number of benzene rings is 1. The number of aromatic amines is 1. The number of amides is 1. The zero-order valence-corrected chi connectivity index (χ0v) is 17.5. The zero-order valence-electron chi connectivity index (χ0n) is 16.7. The van der Waals surface area contributed by atoms with E-state index in [-0.39, 0.29) is 5.91 Å². The highest BCUT2D eigenvalue weighted by Crippen LogP contribution is 2.33. The van der Waals surface area contributed by atoms with Crippen LogP contribution in [0.3, 0.4) is 0 Å². The summed E-state index contributed by atoms with van der Waals surface area (Å²) in [5.41, 5.74) is 5.17. The molecule has 2 aliphatic heterocycles. The first kappa shape index (κ1) is 18.6. The molecular formula is C23H26N4OS. The van der Waals surface area contributed by atoms with Gasteiger partial charge < -0.3 is 4.90 Å². The summed E-state index contributed by atoms with van der Waals surface area (Å²) in [5, 5.41) is 7.99. The van der Waals surface area contributed by atoms with E-state index in [0.717, 1.165) is 50.4 Å². The highest BCUT2D eigenvalue weighted by atomic mass is 32.1. The van der Waals surface area contributed by atoms with Crippen molar-refractivity contribution in [3.05, 3.63) is 74.7 Å². The summed E-state index contributed by atoms with van der Waals surface area (Å²) in [6.07, 6.45) is 2.01. The minimum absolute atomic E-state index is 0.167. The summed E-state index contributed by atoms with van der Waals surface area (Å²) in [7, 11) is 0. The third-order valence-electron chi connectivity index (χ3n) is 6.11. The van der Waals surface area contributed by atoms with Gasteiger partial charge in [0.15, 0.2) is 0 Å². The lowest BCUT2D eigenvalue weighted by molar-refractivity contribution is 0.0795. The Bertz CT molecular complexity index is 1010. The lowest BCUT2D eigenvalue weighted by Crippen LogP contribution is -2.31. The van der Waals surface area contributed by atoms with Crippen LogP contribution in [-0.4, -0.2) is 45.5 Å². The van der Waals surface area contributed by atoms with Gasteiger partial charge >= 0.3 is 0 Å². The molecule has 0 bridgehead atoms. The highest BCUT2D eigenvalue weighted by Gasteiger charge is 2.33. The van der Waals surface area contributed by atoms with E-state index in [1.165, 1.54) is 27.4 Å². The van der Waals surface area contributed by atoms with Gasteiger partial charge in [0, 0.05) is 61.2 Å². The molecule has 29 heavy (non-hydrogen) atoms.